The Morgan fingerprint density at radius 2 is 1.84 bits per heavy atom. The summed E-state index contributed by atoms with van der Waals surface area (Å²) in [5, 5.41) is 7.98. The fourth-order valence-electron chi connectivity index (χ4n) is 3.07. The molecule has 9 nitrogen and oxygen atoms in total. The van der Waals surface area contributed by atoms with Crippen molar-refractivity contribution in [2.24, 2.45) is 7.05 Å². The van der Waals surface area contributed by atoms with E-state index in [2.05, 4.69) is 10.2 Å². The summed E-state index contributed by atoms with van der Waals surface area (Å²) in [6.07, 6.45) is 0.592. The highest BCUT2D eigenvalue weighted by Crippen LogP contribution is 2.24. The standard InChI is InChI=1S/C21H26N4O5S/c1-6-25(7-2)31(27,28)17-12-18(24(5)13-17)21(26)29-15(4)19-22-23-20(30-19)16-10-8-14(3)9-11-16/h8-13,15H,6-7H2,1-5H3. The first-order chi connectivity index (χ1) is 14.7. The highest BCUT2D eigenvalue weighted by atomic mass is 32.2. The molecular formula is C21H26N4O5S. The summed E-state index contributed by atoms with van der Waals surface area (Å²) >= 11 is 0. The molecular weight excluding hydrogens is 420 g/mol. The molecule has 0 saturated carbocycles. The van der Waals surface area contributed by atoms with Crippen LogP contribution in [0.15, 0.2) is 45.8 Å². The normalized spacial score (nSPS) is 12.8. The number of carbonyl (C=O) groups excluding carboxylic acids is 1. The van der Waals surface area contributed by atoms with Crippen molar-refractivity contribution in [1.82, 2.24) is 19.1 Å². The van der Waals surface area contributed by atoms with E-state index in [4.69, 9.17) is 9.15 Å². The van der Waals surface area contributed by atoms with E-state index in [0.29, 0.717) is 19.0 Å². The third-order valence-corrected chi connectivity index (χ3v) is 6.92. The number of hydrogen-bond acceptors (Lipinski definition) is 7. The molecule has 0 N–H and O–H groups in total. The van der Waals surface area contributed by atoms with Gasteiger partial charge in [-0.2, -0.15) is 4.31 Å². The minimum atomic E-state index is -3.68. The number of ether oxygens (including phenoxy) is 1. The van der Waals surface area contributed by atoms with Crippen molar-refractivity contribution in [3.05, 3.63) is 53.7 Å². The number of benzene rings is 1. The van der Waals surface area contributed by atoms with Crippen LogP contribution in [0.25, 0.3) is 11.5 Å². The lowest BCUT2D eigenvalue weighted by Crippen LogP contribution is -2.30. The van der Waals surface area contributed by atoms with E-state index in [-0.39, 0.29) is 16.5 Å². The summed E-state index contributed by atoms with van der Waals surface area (Å²) in [6.45, 7) is 7.79. The molecule has 0 spiro atoms. The largest absolute Gasteiger partial charge is 0.448 e. The zero-order valence-electron chi connectivity index (χ0n) is 18.2. The molecule has 166 valence electrons. The number of nitrogens with zero attached hydrogens (tertiary/aromatic N) is 4. The molecule has 1 aromatic carbocycles. The lowest BCUT2D eigenvalue weighted by Gasteiger charge is -2.17. The van der Waals surface area contributed by atoms with Crippen LogP contribution in [0.5, 0.6) is 0 Å². The molecule has 0 aliphatic heterocycles. The van der Waals surface area contributed by atoms with Gasteiger partial charge in [0.05, 0.1) is 0 Å². The van der Waals surface area contributed by atoms with E-state index in [9.17, 15) is 13.2 Å². The molecule has 3 aromatic rings. The molecule has 2 aromatic heterocycles. The van der Waals surface area contributed by atoms with Crippen molar-refractivity contribution in [3.63, 3.8) is 0 Å². The predicted octanol–water partition coefficient (Wildman–Crippen LogP) is 3.33. The van der Waals surface area contributed by atoms with Crippen molar-refractivity contribution in [2.75, 3.05) is 13.1 Å². The van der Waals surface area contributed by atoms with Crippen LogP contribution in [-0.2, 0) is 21.8 Å². The number of carbonyl (C=O) groups is 1. The van der Waals surface area contributed by atoms with Crippen LogP contribution in [0.3, 0.4) is 0 Å². The fraction of sp³-hybridized carbons (Fsp3) is 0.381. The molecule has 0 fully saturated rings. The molecule has 0 amide bonds. The molecule has 1 atom stereocenters. The highest BCUT2D eigenvalue weighted by Gasteiger charge is 2.27. The Hall–Kier alpha value is -2.98. The van der Waals surface area contributed by atoms with Gasteiger partial charge in [-0.25, -0.2) is 13.2 Å². The second-order valence-corrected chi connectivity index (χ2v) is 9.06. The maximum absolute atomic E-state index is 12.7. The van der Waals surface area contributed by atoms with Crippen LogP contribution >= 0.6 is 0 Å². The lowest BCUT2D eigenvalue weighted by molar-refractivity contribution is 0.0269. The molecule has 0 aliphatic carbocycles. The number of aryl methyl sites for hydroxylation is 2. The summed E-state index contributed by atoms with van der Waals surface area (Å²) in [6, 6.07) is 8.91. The molecule has 0 aliphatic rings. The van der Waals surface area contributed by atoms with Gasteiger partial charge in [0.1, 0.15) is 10.6 Å². The van der Waals surface area contributed by atoms with Crippen LogP contribution < -0.4 is 0 Å². The highest BCUT2D eigenvalue weighted by molar-refractivity contribution is 7.89. The van der Waals surface area contributed by atoms with Crippen LogP contribution in [0.4, 0.5) is 0 Å². The fourth-order valence-corrected chi connectivity index (χ4v) is 4.60. The maximum atomic E-state index is 12.7. The van der Waals surface area contributed by atoms with Crippen molar-refractivity contribution < 1.29 is 22.4 Å². The molecule has 3 rings (SSSR count). The first-order valence-corrected chi connectivity index (χ1v) is 11.4. The van der Waals surface area contributed by atoms with E-state index in [1.807, 2.05) is 31.2 Å². The number of sulfonamides is 1. The SMILES string of the molecule is CCN(CC)S(=O)(=O)c1cc(C(=O)OC(C)c2nnc(-c3ccc(C)cc3)o2)n(C)c1. The Labute approximate surface area is 181 Å². The van der Waals surface area contributed by atoms with Gasteiger partial charge in [-0.3, -0.25) is 0 Å². The van der Waals surface area contributed by atoms with Crippen molar-refractivity contribution in [2.45, 2.75) is 38.7 Å². The van der Waals surface area contributed by atoms with E-state index in [0.717, 1.165) is 11.1 Å². The molecule has 2 heterocycles. The van der Waals surface area contributed by atoms with Crippen LogP contribution in [0.2, 0.25) is 0 Å². The molecule has 0 bridgehead atoms. The number of aromatic nitrogens is 3. The average Bonchev–Trinajstić information content (AvgIpc) is 3.37. The third kappa shape index (κ3) is 4.70. The van der Waals surface area contributed by atoms with Gasteiger partial charge in [0.15, 0.2) is 6.10 Å². The predicted molar refractivity (Wildman–Crippen MR) is 114 cm³/mol. The number of rotatable bonds is 8. The van der Waals surface area contributed by atoms with Gasteiger partial charge in [0.25, 0.3) is 5.89 Å². The Balaban J connectivity index is 1.76. The Morgan fingerprint density at radius 3 is 2.45 bits per heavy atom. The zero-order valence-corrected chi connectivity index (χ0v) is 19.0. The van der Waals surface area contributed by atoms with Crippen LogP contribution in [-0.4, -0.2) is 46.5 Å². The smallest absolute Gasteiger partial charge is 0.355 e. The summed E-state index contributed by atoms with van der Waals surface area (Å²) in [7, 11) is -2.10. The van der Waals surface area contributed by atoms with Crippen molar-refractivity contribution in [1.29, 1.82) is 0 Å². The molecule has 0 radical (unpaired) electrons. The quantitative estimate of drug-likeness (QED) is 0.488. The Morgan fingerprint density at radius 1 is 1.19 bits per heavy atom. The van der Waals surface area contributed by atoms with Crippen molar-refractivity contribution >= 4 is 16.0 Å². The molecule has 10 heteroatoms. The van der Waals surface area contributed by atoms with Gasteiger partial charge in [0.2, 0.25) is 15.9 Å². The lowest BCUT2D eigenvalue weighted by atomic mass is 10.1. The first-order valence-electron chi connectivity index (χ1n) is 9.95. The van der Waals surface area contributed by atoms with Gasteiger partial charge in [-0.1, -0.05) is 31.5 Å². The van der Waals surface area contributed by atoms with Gasteiger partial charge in [-0.05, 0) is 32.0 Å². The Bertz CT molecular complexity index is 1160. The number of hydrogen-bond donors (Lipinski definition) is 0. The van der Waals surface area contributed by atoms with E-state index >= 15 is 0 Å². The molecule has 1 unspecified atom stereocenters. The minimum Gasteiger partial charge on any atom is -0.448 e. The second-order valence-electron chi connectivity index (χ2n) is 7.12. The zero-order chi connectivity index (χ0) is 22.8. The average molecular weight is 447 g/mol. The van der Waals surface area contributed by atoms with E-state index in [1.54, 1.807) is 27.8 Å². The van der Waals surface area contributed by atoms with Crippen LogP contribution in [0, 0.1) is 6.92 Å². The number of esters is 1. The third-order valence-electron chi connectivity index (χ3n) is 4.90. The summed E-state index contributed by atoms with van der Waals surface area (Å²) in [5.74, 6) is -0.218. The second kappa shape index (κ2) is 9.03. The Kier molecular flexibility index (Phi) is 6.61. The van der Waals surface area contributed by atoms with Gasteiger partial charge in [-0.15, -0.1) is 10.2 Å². The van der Waals surface area contributed by atoms with Gasteiger partial charge in [0, 0.05) is 31.9 Å². The first kappa shape index (κ1) is 22.7. The van der Waals surface area contributed by atoms with E-state index in [1.165, 1.54) is 21.1 Å². The summed E-state index contributed by atoms with van der Waals surface area (Å²) < 4.78 is 39.3. The molecule has 0 saturated heterocycles. The summed E-state index contributed by atoms with van der Waals surface area (Å²) in [5.41, 5.74) is 1.98. The summed E-state index contributed by atoms with van der Waals surface area (Å²) in [4.78, 5) is 12.7. The minimum absolute atomic E-state index is 0.0396. The topological polar surface area (TPSA) is 108 Å². The molecule has 31 heavy (non-hydrogen) atoms. The van der Waals surface area contributed by atoms with Gasteiger partial charge >= 0.3 is 5.97 Å². The van der Waals surface area contributed by atoms with E-state index < -0.39 is 22.1 Å². The monoisotopic (exact) mass is 446 g/mol. The van der Waals surface area contributed by atoms with Crippen LogP contribution in [0.1, 0.15) is 48.8 Å². The maximum Gasteiger partial charge on any atom is 0.355 e. The van der Waals surface area contributed by atoms with Crippen molar-refractivity contribution in [3.8, 4) is 11.5 Å². The van der Waals surface area contributed by atoms with Gasteiger partial charge < -0.3 is 13.7 Å².